The molecule has 8 nitrogen and oxygen atoms in total. The minimum absolute atomic E-state index is 0.204. The molecule has 8 heteroatoms. The van der Waals surface area contributed by atoms with Crippen LogP contribution < -0.4 is 9.64 Å². The van der Waals surface area contributed by atoms with Crippen LogP contribution in [0, 0.1) is 11.3 Å². The molecule has 156 valence electrons. The van der Waals surface area contributed by atoms with E-state index in [1.807, 2.05) is 12.1 Å². The number of benzene rings is 2. The summed E-state index contributed by atoms with van der Waals surface area (Å²) in [5, 5.41) is 9.37. The monoisotopic (exact) mass is 416 g/mol. The molecule has 0 atom stereocenters. The number of ether oxygens (including phenoxy) is 3. The van der Waals surface area contributed by atoms with Crippen molar-refractivity contribution in [2.75, 3.05) is 26.2 Å². The van der Waals surface area contributed by atoms with Gasteiger partial charge in [-0.15, -0.1) is 0 Å². The normalized spacial score (nSPS) is 10.7. The summed E-state index contributed by atoms with van der Waals surface area (Å²) in [5.41, 5.74) is 1.91. The molecular weight excluding hydrogens is 396 g/mol. The number of anilines is 2. The van der Waals surface area contributed by atoms with Crippen molar-refractivity contribution in [2.45, 2.75) is 0 Å². The van der Waals surface area contributed by atoms with Gasteiger partial charge in [0.2, 0.25) is 5.88 Å². The molecule has 0 amide bonds. The van der Waals surface area contributed by atoms with Crippen LogP contribution in [0.1, 0.15) is 11.1 Å². The number of carbonyl (C=O) groups is 1. The molecule has 3 rings (SSSR count). The summed E-state index contributed by atoms with van der Waals surface area (Å²) in [4.78, 5) is 22.4. The predicted octanol–water partition coefficient (Wildman–Crippen LogP) is 4.07. The van der Waals surface area contributed by atoms with Gasteiger partial charge in [0.15, 0.2) is 0 Å². The Balaban J connectivity index is 1.95. The Kier molecular flexibility index (Phi) is 6.81. The topological polar surface area (TPSA) is 97.6 Å². The summed E-state index contributed by atoms with van der Waals surface area (Å²) in [7, 11) is 4.53. The van der Waals surface area contributed by atoms with Crippen LogP contribution >= 0.6 is 0 Å². The molecule has 0 aliphatic rings. The van der Waals surface area contributed by atoms with E-state index in [9.17, 15) is 10.1 Å². The van der Waals surface area contributed by atoms with Gasteiger partial charge in [0.1, 0.15) is 29.5 Å². The van der Waals surface area contributed by atoms with Gasteiger partial charge in [0.05, 0.1) is 31.7 Å². The molecule has 0 fully saturated rings. The minimum Gasteiger partial charge on any atom is -0.503 e. The van der Waals surface area contributed by atoms with Gasteiger partial charge in [-0.3, -0.25) is 0 Å². The van der Waals surface area contributed by atoms with E-state index in [0.29, 0.717) is 28.4 Å². The van der Waals surface area contributed by atoms with E-state index >= 15 is 0 Å². The number of rotatable bonds is 7. The largest absolute Gasteiger partial charge is 0.503 e. The Hall–Kier alpha value is -4.38. The van der Waals surface area contributed by atoms with Crippen LogP contribution in [0.2, 0.25) is 0 Å². The first-order chi connectivity index (χ1) is 15.1. The smallest absolute Gasteiger partial charge is 0.341 e. The highest BCUT2D eigenvalue weighted by Gasteiger charge is 2.19. The molecular formula is C23H20N4O4. The third-order valence-electron chi connectivity index (χ3n) is 4.39. The van der Waals surface area contributed by atoms with E-state index in [4.69, 9.17) is 14.2 Å². The van der Waals surface area contributed by atoms with E-state index in [2.05, 4.69) is 16.0 Å². The maximum absolute atomic E-state index is 12.2. The molecule has 0 radical (unpaired) electrons. The molecule has 2 aromatic carbocycles. The molecule has 0 saturated carbocycles. The highest BCUT2D eigenvalue weighted by atomic mass is 16.5. The Morgan fingerprint density at radius 2 is 1.84 bits per heavy atom. The third kappa shape index (κ3) is 4.79. The van der Waals surface area contributed by atoms with E-state index in [1.54, 1.807) is 54.4 Å². The number of nitrogens with zero attached hydrogens (tertiary/aromatic N) is 4. The second kappa shape index (κ2) is 9.89. The molecule has 0 saturated heterocycles. The molecule has 0 spiro atoms. The quantitative estimate of drug-likeness (QED) is 0.323. The maximum atomic E-state index is 12.2. The van der Waals surface area contributed by atoms with Crippen LogP contribution in [-0.4, -0.2) is 37.2 Å². The van der Waals surface area contributed by atoms with Crippen LogP contribution in [0.15, 0.2) is 67.2 Å². The zero-order valence-electron chi connectivity index (χ0n) is 17.3. The molecule has 0 aliphatic heterocycles. The second-order valence-corrected chi connectivity index (χ2v) is 6.26. The first-order valence-corrected chi connectivity index (χ1v) is 9.22. The van der Waals surface area contributed by atoms with Crippen LogP contribution in [0.25, 0.3) is 5.57 Å². The van der Waals surface area contributed by atoms with E-state index in [0.717, 1.165) is 0 Å². The first kappa shape index (κ1) is 21.3. The molecule has 31 heavy (non-hydrogen) atoms. The van der Waals surface area contributed by atoms with Gasteiger partial charge in [-0.1, -0.05) is 30.3 Å². The van der Waals surface area contributed by atoms with Gasteiger partial charge >= 0.3 is 5.97 Å². The highest BCUT2D eigenvalue weighted by Crippen LogP contribution is 2.32. The molecule has 0 unspecified atom stereocenters. The summed E-state index contributed by atoms with van der Waals surface area (Å²) in [5.74, 6) is 0.626. The maximum Gasteiger partial charge on any atom is 0.341 e. The minimum atomic E-state index is -0.561. The summed E-state index contributed by atoms with van der Waals surface area (Å²) in [6, 6.07) is 18.0. The number of carbonyl (C=O) groups excluding carboxylic acids is 1. The number of hydrogen-bond donors (Lipinski definition) is 0. The molecule has 3 aromatic rings. The van der Waals surface area contributed by atoms with Crippen LogP contribution in [0.5, 0.6) is 11.6 Å². The fourth-order valence-corrected chi connectivity index (χ4v) is 2.89. The predicted molar refractivity (Wildman–Crippen MR) is 115 cm³/mol. The van der Waals surface area contributed by atoms with Crippen molar-refractivity contribution in [3.8, 4) is 17.7 Å². The van der Waals surface area contributed by atoms with Crippen LogP contribution in [0.3, 0.4) is 0 Å². The van der Waals surface area contributed by atoms with E-state index < -0.39 is 5.97 Å². The van der Waals surface area contributed by atoms with Crippen molar-refractivity contribution in [3.63, 3.8) is 0 Å². The van der Waals surface area contributed by atoms with Crippen LogP contribution in [-0.2, 0) is 14.3 Å². The standard InChI is InChI=1S/C23H20N4O4/c1-27(19-10-6-4-8-16(19)13-24)21-12-22(26-15-25-21)31-20-11-7-5-9-17(20)18(14-29-2)23(28)30-3/h4-12,14-15H,1-3H3/b18-14+. The zero-order chi connectivity index (χ0) is 22.2. The van der Waals surface area contributed by atoms with Gasteiger partial charge in [-0.25, -0.2) is 14.8 Å². The second-order valence-electron chi connectivity index (χ2n) is 6.26. The third-order valence-corrected chi connectivity index (χ3v) is 4.39. The first-order valence-electron chi connectivity index (χ1n) is 9.22. The Morgan fingerprint density at radius 3 is 2.58 bits per heavy atom. The van der Waals surface area contributed by atoms with E-state index in [1.165, 1.54) is 26.8 Å². The zero-order valence-corrected chi connectivity index (χ0v) is 17.3. The molecule has 0 bridgehead atoms. The average molecular weight is 416 g/mol. The summed E-state index contributed by atoms with van der Waals surface area (Å²) in [6.45, 7) is 0. The number of hydrogen-bond acceptors (Lipinski definition) is 8. The van der Waals surface area contributed by atoms with E-state index in [-0.39, 0.29) is 11.5 Å². The Labute approximate surface area is 180 Å². The Bertz CT molecular complexity index is 1150. The van der Waals surface area contributed by atoms with Gasteiger partial charge in [-0.05, 0) is 18.2 Å². The lowest BCUT2D eigenvalue weighted by Crippen LogP contribution is -2.13. The van der Waals surface area contributed by atoms with Gasteiger partial charge in [0, 0.05) is 18.7 Å². The van der Waals surface area contributed by atoms with Crippen molar-refractivity contribution in [1.82, 2.24) is 9.97 Å². The van der Waals surface area contributed by atoms with Crippen molar-refractivity contribution < 1.29 is 19.0 Å². The SMILES string of the molecule is CO/C=C(/C(=O)OC)c1ccccc1Oc1cc(N(C)c2ccccc2C#N)ncn1. The number of esters is 1. The lowest BCUT2D eigenvalue weighted by molar-refractivity contribution is -0.133. The van der Waals surface area contributed by atoms with Crippen molar-refractivity contribution in [1.29, 1.82) is 5.26 Å². The van der Waals surface area contributed by atoms with Crippen LogP contribution in [0.4, 0.5) is 11.5 Å². The molecule has 1 aromatic heterocycles. The highest BCUT2D eigenvalue weighted by molar-refractivity contribution is 6.17. The Morgan fingerprint density at radius 1 is 1.10 bits per heavy atom. The summed E-state index contributed by atoms with van der Waals surface area (Å²) >= 11 is 0. The lowest BCUT2D eigenvalue weighted by Gasteiger charge is -2.20. The average Bonchev–Trinajstić information content (AvgIpc) is 2.82. The fraction of sp³-hybridized carbons (Fsp3) is 0.130. The number of aromatic nitrogens is 2. The lowest BCUT2D eigenvalue weighted by atomic mass is 10.1. The number of para-hydroxylation sites is 2. The summed E-state index contributed by atoms with van der Waals surface area (Å²) in [6.07, 6.45) is 2.66. The van der Waals surface area contributed by atoms with Crippen molar-refractivity contribution in [2.24, 2.45) is 0 Å². The van der Waals surface area contributed by atoms with Gasteiger partial charge in [0.25, 0.3) is 0 Å². The van der Waals surface area contributed by atoms with Gasteiger partial charge < -0.3 is 19.1 Å². The molecule has 0 N–H and O–H groups in total. The fourth-order valence-electron chi connectivity index (χ4n) is 2.89. The van der Waals surface area contributed by atoms with Crippen molar-refractivity contribution >= 4 is 23.0 Å². The van der Waals surface area contributed by atoms with Crippen molar-refractivity contribution in [3.05, 3.63) is 78.3 Å². The number of methoxy groups -OCH3 is 2. The molecule has 1 heterocycles. The molecule has 0 aliphatic carbocycles. The number of nitriles is 1. The van der Waals surface area contributed by atoms with Gasteiger partial charge in [-0.2, -0.15) is 5.26 Å². The summed E-state index contributed by atoms with van der Waals surface area (Å²) < 4.78 is 15.8.